The maximum absolute atomic E-state index is 12.1. The Balaban J connectivity index is 2.53. The van der Waals surface area contributed by atoms with E-state index in [1.165, 1.54) is 4.90 Å². The molecule has 0 aliphatic carbocycles. The van der Waals surface area contributed by atoms with Gasteiger partial charge < -0.3 is 15.5 Å². The SMILES string of the molecule is CCN(CC(=O)NC)C(=O)C1CCC(=O)NC1. The number of amides is 3. The summed E-state index contributed by atoms with van der Waals surface area (Å²) in [4.78, 5) is 35.8. The molecule has 1 aliphatic heterocycles. The van der Waals surface area contributed by atoms with Crippen LogP contribution in [0.5, 0.6) is 0 Å². The van der Waals surface area contributed by atoms with Crippen LogP contribution in [-0.4, -0.2) is 49.3 Å². The average molecular weight is 241 g/mol. The third-order valence-corrected chi connectivity index (χ3v) is 2.92. The van der Waals surface area contributed by atoms with E-state index in [4.69, 9.17) is 0 Å². The second-order valence-corrected chi connectivity index (χ2v) is 4.07. The van der Waals surface area contributed by atoms with Gasteiger partial charge in [-0.15, -0.1) is 0 Å². The lowest BCUT2D eigenvalue weighted by atomic mass is 9.97. The highest BCUT2D eigenvalue weighted by molar-refractivity contribution is 5.87. The molecular weight excluding hydrogens is 222 g/mol. The third kappa shape index (κ3) is 3.72. The molecule has 0 spiro atoms. The van der Waals surface area contributed by atoms with Crippen LogP contribution in [0.2, 0.25) is 0 Å². The number of nitrogens with zero attached hydrogens (tertiary/aromatic N) is 1. The molecule has 96 valence electrons. The summed E-state index contributed by atoms with van der Waals surface area (Å²) in [6.45, 7) is 2.79. The monoisotopic (exact) mass is 241 g/mol. The summed E-state index contributed by atoms with van der Waals surface area (Å²) in [5.74, 6) is -0.447. The van der Waals surface area contributed by atoms with E-state index >= 15 is 0 Å². The Hall–Kier alpha value is -1.59. The van der Waals surface area contributed by atoms with Crippen LogP contribution in [0.4, 0.5) is 0 Å². The summed E-state index contributed by atoms with van der Waals surface area (Å²) in [5.41, 5.74) is 0. The molecule has 1 unspecified atom stereocenters. The van der Waals surface area contributed by atoms with Gasteiger partial charge in [0.05, 0.1) is 12.5 Å². The van der Waals surface area contributed by atoms with Gasteiger partial charge in [0.2, 0.25) is 17.7 Å². The first kappa shape index (κ1) is 13.5. The molecule has 0 aromatic heterocycles. The lowest BCUT2D eigenvalue weighted by Gasteiger charge is -2.28. The van der Waals surface area contributed by atoms with E-state index in [9.17, 15) is 14.4 Å². The fourth-order valence-corrected chi connectivity index (χ4v) is 1.80. The summed E-state index contributed by atoms with van der Waals surface area (Å²) in [5, 5.41) is 5.16. The Morgan fingerprint density at radius 1 is 1.53 bits per heavy atom. The van der Waals surface area contributed by atoms with Crippen LogP contribution in [0.25, 0.3) is 0 Å². The van der Waals surface area contributed by atoms with Crippen LogP contribution in [0.15, 0.2) is 0 Å². The molecule has 0 bridgehead atoms. The Bertz CT molecular complexity index is 307. The van der Waals surface area contributed by atoms with Gasteiger partial charge in [0.25, 0.3) is 0 Å². The summed E-state index contributed by atoms with van der Waals surface area (Å²) in [6.07, 6.45) is 0.947. The van der Waals surface area contributed by atoms with Gasteiger partial charge >= 0.3 is 0 Å². The number of hydrogen-bond donors (Lipinski definition) is 2. The Kier molecular flexibility index (Phi) is 4.93. The molecule has 0 radical (unpaired) electrons. The molecule has 1 rings (SSSR count). The first-order valence-corrected chi connectivity index (χ1v) is 5.84. The maximum atomic E-state index is 12.1. The van der Waals surface area contributed by atoms with Crippen molar-refractivity contribution in [1.82, 2.24) is 15.5 Å². The Morgan fingerprint density at radius 2 is 2.24 bits per heavy atom. The van der Waals surface area contributed by atoms with Crippen molar-refractivity contribution < 1.29 is 14.4 Å². The Labute approximate surface area is 101 Å². The van der Waals surface area contributed by atoms with Gasteiger partial charge in [0.1, 0.15) is 0 Å². The number of nitrogens with one attached hydrogen (secondary N) is 2. The highest BCUT2D eigenvalue weighted by Gasteiger charge is 2.28. The van der Waals surface area contributed by atoms with Crippen molar-refractivity contribution in [2.45, 2.75) is 19.8 Å². The molecule has 2 N–H and O–H groups in total. The molecular formula is C11H19N3O3. The van der Waals surface area contributed by atoms with Gasteiger partial charge in [0, 0.05) is 26.6 Å². The normalized spacial score (nSPS) is 19.4. The summed E-state index contributed by atoms with van der Waals surface area (Å²) < 4.78 is 0. The van der Waals surface area contributed by atoms with E-state index in [0.717, 1.165) is 0 Å². The van der Waals surface area contributed by atoms with Crippen molar-refractivity contribution >= 4 is 17.7 Å². The first-order chi connectivity index (χ1) is 8.08. The maximum Gasteiger partial charge on any atom is 0.239 e. The molecule has 0 saturated carbocycles. The van der Waals surface area contributed by atoms with Gasteiger partial charge in [-0.2, -0.15) is 0 Å². The zero-order chi connectivity index (χ0) is 12.8. The van der Waals surface area contributed by atoms with Crippen molar-refractivity contribution in [2.24, 2.45) is 5.92 Å². The minimum absolute atomic E-state index is 0.0107. The lowest BCUT2D eigenvalue weighted by Crippen LogP contribution is -2.47. The topological polar surface area (TPSA) is 78.5 Å². The molecule has 6 heteroatoms. The highest BCUT2D eigenvalue weighted by atomic mass is 16.2. The Morgan fingerprint density at radius 3 is 2.71 bits per heavy atom. The van der Waals surface area contributed by atoms with Crippen LogP contribution in [-0.2, 0) is 14.4 Å². The molecule has 1 heterocycles. The second-order valence-electron chi connectivity index (χ2n) is 4.07. The molecule has 1 atom stereocenters. The van der Waals surface area contributed by atoms with Crippen molar-refractivity contribution in [3.63, 3.8) is 0 Å². The first-order valence-electron chi connectivity index (χ1n) is 5.84. The zero-order valence-corrected chi connectivity index (χ0v) is 10.3. The second kappa shape index (κ2) is 6.22. The standard InChI is InChI=1S/C11H19N3O3/c1-3-14(7-10(16)12-2)11(17)8-4-5-9(15)13-6-8/h8H,3-7H2,1-2H3,(H,12,16)(H,13,15). The van der Waals surface area contributed by atoms with E-state index in [1.54, 1.807) is 7.05 Å². The van der Waals surface area contributed by atoms with E-state index < -0.39 is 0 Å². The van der Waals surface area contributed by atoms with Gasteiger partial charge in [-0.1, -0.05) is 0 Å². The molecule has 0 aromatic carbocycles. The minimum Gasteiger partial charge on any atom is -0.358 e. The summed E-state index contributed by atoms with van der Waals surface area (Å²) >= 11 is 0. The number of hydrogen-bond acceptors (Lipinski definition) is 3. The molecule has 3 amide bonds. The molecule has 6 nitrogen and oxygen atoms in total. The predicted molar refractivity (Wildman–Crippen MR) is 62.1 cm³/mol. The molecule has 1 fully saturated rings. The van der Waals surface area contributed by atoms with E-state index in [2.05, 4.69) is 10.6 Å². The van der Waals surface area contributed by atoms with Crippen LogP contribution in [0, 0.1) is 5.92 Å². The largest absolute Gasteiger partial charge is 0.358 e. The van der Waals surface area contributed by atoms with Gasteiger partial charge in [0.15, 0.2) is 0 Å². The predicted octanol–water partition coefficient (Wildman–Crippen LogP) is -0.893. The van der Waals surface area contributed by atoms with Gasteiger partial charge in [-0.25, -0.2) is 0 Å². The van der Waals surface area contributed by atoms with Crippen molar-refractivity contribution in [2.75, 3.05) is 26.7 Å². The van der Waals surface area contributed by atoms with Crippen LogP contribution >= 0.6 is 0 Å². The third-order valence-electron chi connectivity index (χ3n) is 2.92. The number of piperidine rings is 1. The fraction of sp³-hybridized carbons (Fsp3) is 0.727. The number of rotatable bonds is 4. The molecule has 17 heavy (non-hydrogen) atoms. The average Bonchev–Trinajstić information content (AvgIpc) is 2.35. The zero-order valence-electron chi connectivity index (χ0n) is 10.3. The number of carbonyl (C=O) groups excluding carboxylic acids is 3. The van der Waals surface area contributed by atoms with Crippen LogP contribution in [0.3, 0.4) is 0 Å². The summed E-state index contributed by atoms with van der Waals surface area (Å²) in [7, 11) is 1.54. The van der Waals surface area contributed by atoms with Crippen molar-refractivity contribution in [3.8, 4) is 0 Å². The molecule has 1 aliphatic rings. The fourth-order valence-electron chi connectivity index (χ4n) is 1.80. The smallest absolute Gasteiger partial charge is 0.239 e. The number of carbonyl (C=O) groups is 3. The van der Waals surface area contributed by atoms with Crippen molar-refractivity contribution in [3.05, 3.63) is 0 Å². The number of likely N-dealkylation sites (N-methyl/N-ethyl adjacent to an activating group) is 2. The van der Waals surface area contributed by atoms with E-state index in [1.807, 2.05) is 6.92 Å². The molecule has 1 saturated heterocycles. The van der Waals surface area contributed by atoms with Crippen LogP contribution < -0.4 is 10.6 Å². The van der Waals surface area contributed by atoms with E-state index in [0.29, 0.717) is 25.9 Å². The minimum atomic E-state index is -0.197. The quantitative estimate of drug-likeness (QED) is 0.670. The lowest BCUT2D eigenvalue weighted by molar-refractivity contribution is -0.140. The summed E-state index contributed by atoms with van der Waals surface area (Å²) in [6, 6.07) is 0. The molecule has 0 aromatic rings. The van der Waals surface area contributed by atoms with Gasteiger partial charge in [-0.05, 0) is 13.3 Å². The van der Waals surface area contributed by atoms with E-state index in [-0.39, 0.29) is 30.2 Å². The van der Waals surface area contributed by atoms with Crippen LogP contribution in [0.1, 0.15) is 19.8 Å². The van der Waals surface area contributed by atoms with Crippen molar-refractivity contribution in [1.29, 1.82) is 0 Å². The highest BCUT2D eigenvalue weighted by Crippen LogP contribution is 2.13. The van der Waals surface area contributed by atoms with Gasteiger partial charge in [-0.3, -0.25) is 14.4 Å².